The summed E-state index contributed by atoms with van der Waals surface area (Å²) in [7, 11) is 0. The standard InChI is InChI=1S/C14H19BrO3/c1-2-3-9-18-10-8-12(14(16)17)11-6-4-5-7-13(11)15/h4-7,12H,2-3,8-10H2,1H3,(H,16,17). The van der Waals surface area contributed by atoms with Gasteiger partial charge in [-0.3, -0.25) is 4.79 Å². The van der Waals surface area contributed by atoms with Crippen molar-refractivity contribution in [3.63, 3.8) is 0 Å². The molecule has 4 heteroatoms. The number of unbranched alkanes of at least 4 members (excludes halogenated alkanes) is 1. The Labute approximate surface area is 116 Å². The maximum Gasteiger partial charge on any atom is 0.311 e. The highest BCUT2D eigenvalue weighted by Gasteiger charge is 2.21. The van der Waals surface area contributed by atoms with Gasteiger partial charge in [0.2, 0.25) is 0 Å². The van der Waals surface area contributed by atoms with Gasteiger partial charge < -0.3 is 9.84 Å². The minimum Gasteiger partial charge on any atom is -0.481 e. The molecule has 0 radical (unpaired) electrons. The van der Waals surface area contributed by atoms with Crippen molar-refractivity contribution in [3.8, 4) is 0 Å². The highest BCUT2D eigenvalue weighted by molar-refractivity contribution is 9.10. The minimum atomic E-state index is -0.805. The molecule has 100 valence electrons. The van der Waals surface area contributed by atoms with Crippen molar-refractivity contribution in [2.75, 3.05) is 13.2 Å². The molecule has 0 aliphatic rings. The Kier molecular flexibility index (Phi) is 6.98. The van der Waals surface area contributed by atoms with Gasteiger partial charge in [-0.15, -0.1) is 0 Å². The zero-order valence-corrected chi connectivity index (χ0v) is 12.1. The summed E-state index contributed by atoms with van der Waals surface area (Å²) in [5, 5.41) is 9.28. The van der Waals surface area contributed by atoms with E-state index in [2.05, 4.69) is 22.9 Å². The summed E-state index contributed by atoms with van der Waals surface area (Å²) in [6, 6.07) is 7.44. The van der Waals surface area contributed by atoms with Crippen LogP contribution in [0, 0.1) is 0 Å². The number of rotatable bonds is 8. The first kappa shape index (κ1) is 15.2. The van der Waals surface area contributed by atoms with E-state index in [0.717, 1.165) is 22.9 Å². The second-order valence-electron chi connectivity index (χ2n) is 4.17. The Balaban J connectivity index is 2.56. The molecule has 0 bridgehead atoms. The third-order valence-corrected chi connectivity index (χ3v) is 3.49. The zero-order chi connectivity index (χ0) is 13.4. The molecule has 0 aliphatic heterocycles. The molecule has 0 heterocycles. The van der Waals surface area contributed by atoms with Gasteiger partial charge in [-0.1, -0.05) is 47.5 Å². The van der Waals surface area contributed by atoms with Crippen molar-refractivity contribution < 1.29 is 14.6 Å². The summed E-state index contributed by atoms with van der Waals surface area (Å²) in [4.78, 5) is 11.3. The van der Waals surface area contributed by atoms with E-state index in [1.807, 2.05) is 24.3 Å². The van der Waals surface area contributed by atoms with Gasteiger partial charge >= 0.3 is 5.97 Å². The van der Waals surface area contributed by atoms with Crippen LogP contribution in [0.15, 0.2) is 28.7 Å². The van der Waals surface area contributed by atoms with E-state index in [9.17, 15) is 9.90 Å². The Bertz CT molecular complexity index is 379. The minimum absolute atomic E-state index is 0.484. The Morgan fingerprint density at radius 3 is 2.72 bits per heavy atom. The summed E-state index contributed by atoms with van der Waals surface area (Å²) in [6.07, 6.45) is 2.61. The Morgan fingerprint density at radius 1 is 1.39 bits per heavy atom. The maximum absolute atomic E-state index is 11.3. The third-order valence-electron chi connectivity index (χ3n) is 2.77. The molecular formula is C14H19BrO3. The molecule has 1 aromatic carbocycles. The number of carboxylic acids is 1. The Morgan fingerprint density at radius 2 is 2.11 bits per heavy atom. The number of halogens is 1. The van der Waals surface area contributed by atoms with Crippen LogP contribution in [0.1, 0.15) is 37.7 Å². The van der Waals surface area contributed by atoms with Gasteiger partial charge in [0.05, 0.1) is 5.92 Å². The lowest BCUT2D eigenvalue weighted by Gasteiger charge is -2.14. The molecule has 1 unspecified atom stereocenters. The zero-order valence-electron chi connectivity index (χ0n) is 10.6. The number of hydrogen-bond donors (Lipinski definition) is 1. The van der Waals surface area contributed by atoms with Crippen molar-refractivity contribution >= 4 is 21.9 Å². The fraction of sp³-hybridized carbons (Fsp3) is 0.500. The van der Waals surface area contributed by atoms with Crippen molar-refractivity contribution in [1.29, 1.82) is 0 Å². The molecule has 0 fully saturated rings. The molecule has 1 rings (SSSR count). The highest BCUT2D eigenvalue weighted by Crippen LogP contribution is 2.27. The lowest BCUT2D eigenvalue weighted by atomic mass is 9.96. The molecule has 18 heavy (non-hydrogen) atoms. The van der Waals surface area contributed by atoms with E-state index in [1.54, 1.807) is 0 Å². The first-order valence-electron chi connectivity index (χ1n) is 6.21. The molecule has 1 aromatic rings. The normalized spacial score (nSPS) is 12.3. The molecule has 0 saturated heterocycles. The molecule has 0 amide bonds. The Hall–Kier alpha value is -0.870. The second kappa shape index (κ2) is 8.27. The van der Waals surface area contributed by atoms with E-state index < -0.39 is 11.9 Å². The number of carbonyl (C=O) groups is 1. The van der Waals surface area contributed by atoms with E-state index in [0.29, 0.717) is 19.6 Å². The van der Waals surface area contributed by atoms with Gasteiger partial charge in [-0.2, -0.15) is 0 Å². The predicted molar refractivity (Wildman–Crippen MR) is 74.9 cm³/mol. The van der Waals surface area contributed by atoms with Gasteiger partial charge in [0.25, 0.3) is 0 Å². The number of ether oxygens (including phenoxy) is 1. The monoisotopic (exact) mass is 314 g/mol. The van der Waals surface area contributed by atoms with Gasteiger partial charge in [-0.25, -0.2) is 0 Å². The molecule has 1 atom stereocenters. The largest absolute Gasteiger partial charge is 0.481 e. The third kappa shape index (κ3) is 4.78. The van der Waals surface area contributed by atoms with Gasteiger partial charge in [-0.05, 0) is 24.5 Å². The molecule has 3 nitrogen and oxygen atoms in total. The smallest absolute Gasteiger partial charge is 0.311 e. The average molecular weight is 315 g/mol. The summed E-state index contributed by atoms with van der Waals surface area (Å²) < 4.78 is 6.28. The fourth-order valence-corrected chi connectivity index (χ4v) is 2.28. The number of hydrogen-bond acceptors (Lipinski definition) is 2. The van der Waals surface area contributed by atoms with E-state index in [1.165, 1.54) is 0 Å². The number of aliphatic carboxylic acids is 1. The average Bonchev–Trinajstić information content (AvgIpc) is 2.35. The fourth-order valence-electron chi connectivity index (χ4n) is 1.72. The summed E-state index contributed by atoms with van der Waals surface area (Å²) in [5.41, 5.74) is 0.809. The van der Waals surface area contributed by atoms with Gasteiger partial charge in [0.15, 0.2) is 0 Å². The van der Waals surface area contributed by atoms with Crippen molar-refractivity contribution in [2.24, 2.45) is 0 Å². The molecule has 0 aromatic heterocycles. The lowest BCUT2D eigenvalue weighted by molar-refractivity contribution is -0.139. The summed E-state index contributed by atoms with van der Waals surface area (Å²) in [6.45, 7) is 3.29. The van der Waals surface area contributed by atoms with Crippen LogP contribution in [-0.4, -0.2) is 24.3 Å². The topological polar surface area (TPSA) is 46.5 Å². The molecule has 0 saturated carbocycles. The molecule has 0 aliphatic carbocycles. The van der Waals surface area contributed by atoms with Crippen LogP contribution in [0.25, 0.3) is 0 Å². The SMILES string of the molecule is CCCCOCCC(C(=O)O)c1ccccc1Br. The quantitative estimate of drug-likeness (QED) is 0.742. The first-order chi connectivity index (χ1) is 8.66. The molecule has 1 N–H and O–H groups in total. The molecule has 0 spiro atoms. The summed E-state index contributed by atoms with van der Waals surface area (Å²) >= 11 is 3.39. The highest BCUT2D eigenvalue weighted by atomic mass is 79.9. The van der Waals surface area contributed by atoms with Crippen LogP contribution in [-0.2, 0) is 9.53 Å². The van der Waals surface area contributed by atoms with Crippen LogP contribution in [0.2, 0.25) is 0 Å². The van der Waals surface area contributed by atoms with E-state index in [-0.39, 0.29) is 0 Å². The van der Waals surface area contributed by atoms with Crippen molar-refractivity contribution in [1.82, 2.24) is 0 Å². The summed E-state index contributed by atoms with van der Waals surface area (Å²) in [5.74, 6) is -1.32. The van der Waals surface area contributed by atoms with Crippen LogP contribution in [0.4, 0.5) is 0 Å². The number of carboxylic acid groups (broad SMARTS) is 1. The van der Waals surface area contributed by atoms with Crippen LogP contribution >= 0.6 is 15.9 Å². The van der Waals surface area contributed by atoms with E-state index in [4.69, 9.17) is 4.74 Å². The van der Waals surface area contributed by atoms with Gasteiger partial charge in [0.1, 0.15) is 0 Å². The van der Waals surface area contributed by atoms with Crippen molar-refractivity contribution in [3.05, 3.63) is 34.3 Å². The van der Waals surface area contributed by atoms with Crippen LogP contribution in [0.3, 0.4) is 0 Å². The maximum atomic E-state index is 11.3. The second-order valence-corrected chi connectivity index (χ2v) is 5.02. The first-order valence-corrected chi connectivity index (χ1v) is 7.01. The van der Waals surface area contributed by atoms with Crippen LogP contribution in [0.5, 0.6) is 0 Å². The molecular weight excluding hydrogens is 296 g/mol. The van der Waals surface area contributed by atoms with Gasteiger partial charge in [0, 0.05) is 17.7 Å². The number of benzene rings is 1. The van der Waals surface area contributed by atoms with Crippen molar-refractivity contribution in [2.45, 2.75) is 32.1 Å². The lowest BCUT2D eigenvalue weighted by Crippen LogP contribution is -2.15. The predicted octanol–water partition coefficient (Wildman–Crippen LogP) is 3.82. The van der Waals surface area contributed by atoms with E-state index >= 15 is 0 Å². The van der Waals surface area contributed by atoms with Crippen LogP contribution < -0.4 is 0 Å².